The molecule has 7 heteroatoms. The lowest BCUT2D eigenvalue weighted by atomic mass is 10.0. The maximum Gasteiger partial charge on any atom is 0.253 e. The Balaban J connectivity index is 1.82. The summed E-state index contributed by atoms with van der Waals surface area (Å²) in [7, 11) is 6.64. The highest BCUT2D eigenvalue weighted by Gasteiger charge is 2.09. The Kier molecular flexibility index (Phi) is 7.46. The highest BCUT2D eigenvalue weighted by molar-refractivity contribution is 6.14. The van der Waals surface area contributed by atoms with E-state index in [1.165, 1.54) is 11.1 Å². The van der Waals surface area contributed by atoms with Crippen molar-refractivity contribution in [2.45, 2.75) is 6.92 Å². The van der Waals surface area contributed by atoms with E-state index in [9.17, 15) is 4.79 Å². The number of methoxy groups -OCH3 is 2. The number of hydrogen-bond acceptors (Lipinski definition) is 6. The molecule has 170 valence electrons. The van der Waals surface area contributed by atoms with Gasteiger partial charge in [0.25, 0.3) is 5.91 Å². The third-order valence-corrected chi connectivity index (χ3v) is 5.15. The highest BCUT2D eigenvalue weighted by Crippen LogP contribution is 2.31. The van der Waals surface area contributed by atoms with Gasteiger partial charge < -0.3 is 25.1 Å². The summed E-state index contributed by atoms with van der Waals surface area (Å²) >= 11 is 0. The number of nitrogens with zero attached hydrogens (tertiary/aromatic N) is 2. The van der Waals surface area contributed by atoms with Gasteiger partial charge in [0.2, 0.25) is 0 Å². The Morgan fingerprint density at radius 1 is 1.00 bits per heavy atom. The van der Waals surface area contributed by atoms with Gasteiger partial charge in [0.05, 0.1) is 14.2 Å². The van der Waals surface area contributed by atoms with E-state index in [0.717, 1.165) is 28.0 Å². The van der Waals surface area contributed by atoms with E-state index in [-0.39, 0.29) is 5.91 Å². The number of anilines is 2. The molecule has 0 atom stereocenters. The first-order valence-electron chi connectivity index (χ1n) is 10.4. The number of allylic oxidation sites excluding steroid dienone is 1. The van der Waals surface area contributed by atoms with Crippen LogP contribution in [0.3, 0.4) is 0 Å². The van der Waals surface area contributed by atoms with E-state index >= 15 is 0 Å². The van der Waals surface area contributed by atoms with Crippen molar-refractivity contribution in [3.8, 4) is 11.5 Å². The number of ether oxygens (including phenoxy) is 2. The number of carbonyl (C=O) groups excluding carboxylic acids is 1. The first-order valence-corrected chi connectivity index (χ1v) is 10.4. The van der Waals surface area contributed by atoms with Crippen LogP contribution in [-0.4, -0.2) is 50.3 Å². The van der Waals surface area contributed by atoms with E-state index in [1.54, 1.807) is 46.6 Å². The molecule has 3 rings (SSSR count). The van der Waals surface area contributed by atoms with Crippen LogP contribution < -0.4 is 14.8 Å². The third kappa shape index (κ3) is 5.57. The Hall–Kier alpha value is -4.13. The molecule has 3 aromatic rings. The first kappa shape index (κ1) is 23.5. The number of aryl methyl sites for hydroxylation is 1. The normalized spacial score (nSPS) is 11.0. The predicted octanol–water partition coefficient (Wildman–Crippen LogP) is 5.04. The minimum Gasteiger partial charge on any atom is -0.493 e. The van der Waals surface area contributed by atoms with Crippen molar-refractivity contribution in [2.24, 2.45) is 0 Å². The molecule has 0 fully saturated rings. The van der Waals surface area contributed by atoms with Gasteiger partial charge in [-0.25, -0.2) is 4.98 Å². The van der Waals surface area contributed by atoms with Gasteiger partial charge in [0.1, 0.15) is 5.82 Å². The summed E-state index contributed by atoms with van der Waals surface area (Å²) < 4.78 is 10.6. The van der Waals surface area contributed by atoms with Crippen molar-refractivity contribution in [1.82, 2.24) is 9.88 Å². The SMILES string of the molecule is COc1ccc(Nc2cc(C)c(/C=C(\C=N)c3ccc(C(=O)N(C)C)cc3)cn2)cc1OC. The lowest BCUT2D eigenvalue weighted by Crippen LogP contribution is -2.21. The van der Waals surface area contributed by atoms with Crippen LogP contribution in [-0.2, 0) is 0 Å². The highest BCUT2D eigenvalue weighted by atomic mass is 16.5. The summed E-state index contributed by atoms with van der Waals surface area (Å²) in [6, 6.07) is 14.8. The zero-order valence-corrected chi connectivity index (χ0v) is 19.5. The van der Waals surface area contributed by atoms with Crippen LogP contribution in [0.1, 0.15) is 27.0 Å². The molecule has 1 aromatic heterocycles. The molecule has 1 heterocycles. The first-order chi connectivity index (χ1) is 15.9. The van der Waals surface area contributed by atoms with Crippen molar-refractivity contribution < 1.29 is 14.3 Å². The van der Waals surface area contributed by atoms with E-state index in [0.29, 0.717) is 22.9 Å². The van der Waals surface area contributed by atoms with Gasteiger partial charge in [-0.15, -0.1) is 0 Å². The third-order valence-electron chi connectivity index (χ3n) is 5.15. The topological polar surface area (TPSA) is 87.5 Å². The zero-order chi connectivity index (χ0) is 24.0. The van der Waals surface area contributed by atoms with Crippen LogP contribution in [0.4, 0.5) is 11.5 Å². The molecule has 0 spiro atoms. The molecule has 0 aliphatic carbocycles. The Bertz CT molecular complexity index is 1180. The fourth-order valence-electron chi connectivity index (χ4n) is 3.29. The number of hydrogen-bond donors (Lipinski definition) is 2. The Morgan fingerprint density at radius 3 is 2.24 bits per heavy atom. The molecule has 0 unspecified atom stereocenters. The molecule has 2 aromatic carbocycles. The fourth-order valence-corrected chi connectivity index (χ4v) is 3.29. The fraction of sp³-hybridized carbons (Fsp3) is 0.192. The van der Waals surface area contributed by atoms with E-state index in [4.69, 9.17) is 14.9 Å². The molecule has 2 N–H and O–H groups in total. The average Bonchev–Trinajstić information content (AvgIpc) is 2.83. The van der Waals surface area contributed by atoms with Gasteiger partial charge in [0.15, 0.2) is 11.5 Å². The van der Waals surface area contributed by atoms with Crippen LogP contribution in [0, 0.1) is 12.3 Å². The number of nitrogens with one attached hydrogen (secondary N) is 2. The molecule has 33 heavy (non-hydrogen) atoms. The predicted molar refractivity (Wildman–Crippen MR) is 133 cm³/mol. The monoisotopic (exact) mass is 444 g/mol. The van der Waals surface area contributed by atoms with Crippen LogP contribution in [0.2, 0.25) is 0 Å². The van der Waals surface area contributed by atoms with Gasteiger partial charge in [-0.2, -0.15) is 0 Å². The lowest BCUT2D eigenvalue weighted by molar-refractivity contribution is 0.0827. The molecular weight excluding hydrogens is 416 g/mol. The summed E-state index contributed by atoms with van der Waals surface area (Å²) in [5, 5.41) is 11.1. The summed E-state index contributed by atoms with van der Waals surface area (Å²) in [6.45, 7) is 1.99. The summed E-state index contributed by atoms with van der Waals surface area (Å²) in [4.78, 5) is 18.2. The van der Waals surface area contributed by atoms with Crippen molar-refractivity contribution in [2.75, 3.05) is 33.6 Å². The molecule has 0 aliphatic heterocycles. The van der Waals surface area contributed by atoms with Gasteiger partial charge in [-0.1, -0.05) is 12.1 Å². The molecule has 0 aliphatic rings. The average molecular weight is 445 g/mol. The summed E-state index contributed by atoms with van der Waals surface area (Å²) in [6.07, 6.45) is 4.99. The van der Waals surface area contributed by atoms with Crippen LogP contribution in [0.15, 0.2) is 54.7 Å². The molecule has 0 saturated carbocycles. The van der Waals surface area contributed by atoms with Crippen LogP contribution >= 0.6 is 0 Å². The van der Waals surface area contributed by atoms with Crippen LogP contribution in [0.5, 0.6) is 11.5 Å². The Morgan fingerprint density at radius 2 is 1.67 bits per heavy atom. The van der Waals surface area contributed by atoms with Gasteiger partial charge in [-0.3, -0.25) is 4.79 Å². The second-order valence-electron chi connectivity index (χ2n) is 7.64. The number of amides is 1. The smallest absolute Gasteiger partial charge is 0.253 e. The molecular formula is C26H28N4O3. The number of benzene rings is 2. The number of pyridine rings is 1. The molecule has 1 amide bonds. The number of aromatic nitrogens is 1. The lowest BCUT2D eigenvalue weighted by Gasteiger charge is -2.12. The standard InChI is InChI=1S/C26H28N4O3/c1-17-12-25(29-22-10-11-23(32-4)24(14-22)33-5)28-16-21(17)13-20(15-27)18-6-8-19(9-7-18)26(31)30(2)3/h6-16,27H,1-5H3,(H,28,29)/b20-13+,27-15?. The molecule has 7 nitrogen and oxygen atoms in total. The maximum atomic E-state index is 12.1. The molecule has 0 radical (unpaired) electrons. The second kappa shape index (κ2) is 10.5. The van der Waals surface area contributed by atoms with E-state index in [2.05, 4.69) is 10.3 Å². The van der Waals surface area contributed by atoms with E-state index < -0.39 is 0 Å². The maximum absolute atomic E-state index is 12.1. The van der Waals surface area contributed by atoms with Crippen molar-refractivity contribution in [3.05, 3.63) is 77.0 Å². The number of carbonyl (C=O) groups is 1. The van der Waals surface area contributed by atoms with Gasteiger partial charge in [-0.05, 0) is 65.6 Å². The van der Waals surface area contributed by atoms with Crippen molar-refractivity contribution in [3.63, 3.8) is 0 Å². The quantitative estimate of drug-likeness (QED) is 0.475. The van der Waals surface area contributed by atoms with Gasteiger partial charge >= 0.3 is 0 Å². The minimum absolute atomic E-state index is 0.0560. The number of rotatable bonds is 8. The molecule has 0 bridgehead atoms. The summed E-state index contributed by atoms with van der Waals surface area (Å²) in [5.41, 5.74) is 4.93. The summed E-state index contributed by atoms with van der Waals surface area (Å²) in [5.74, 6) is 1.93. The largest absolute Gasteiger partial charge is 0.493 e. The van der Waals surface area contributed by atoms with Crippen LogP contribution in [0.25, 0.3) is 11.6 Å². The zero-order valence-electron chi connectivity index (χ0n) is 19.5. The van der Waals surface area contributed by atoms with Gasteiger partial charge in [0, 0.05) is 43.8 Å². The second-order valence-corrected chi connectivity index (χ2v) is 7.64. The van der Waals surface area contributed by atoms with E-state index in [1.807, 2.05) is 49.4 Å². The van der Waals surface area contributed by atoms with Crippen molar-refractivity contribution in [1.29, 1.82) is 5.41 Å². The van der Waals surface area contributed by atoms with Crippen molar-refractivity contribution >= 4 is 35.3 Å². The Labute approximate surface area is 194 Å². The molecule has 0 saturated heterocycles. The minimum atomic E-state index is -0.0560.